The van der Waals surface area contributed by atoms with E-state index in [0.717, 1.165) is 25.9 Å². The highest BCUT2D eigenvalue weighted by Crippen LogP contribution is 2.17. The van der Waals surface area contributed by atoms with Gasteiger partial charge in [-0.1, -0.05) is 12.8 Å². The molecule has 0 bridgehead atoms. The largest absolute Gasteiger partial charge is 0.486 e. The van der Waals surface area contributed by atoms with Crippen LogP contribution in [0.3, 0.4) is 0 Å². The van der Waals surface area contributed by atoms with Gasteiger partial charge in [0.05, 0.1) is 0 Å². The van der Waals surface area contributed by atoms with Crippen LogP contribution in [0.15, 0.2) is 24.3 Å². The SMILES string of the molecule is CCn1nnnc1COc1ccc(C(=O)N2CCCCCC2)cc1. The smallest absolute Gasteiger partial charge is 0.253 e. The van der Waals surface area contributed by atoms with Crippen LogP contribution in [-0.4, -0.2) is 44.1 Å². The van der Waals surface area contributed by atoms with Crippen molar-refractivity contribution in [1.82, 2.24) is 25.1 Å². The fourth-order valence-corrected chi connectivity index (χ4v) is 2.87. The Morgan fingerprint density at radius 2 is 1.83 bits per heavy atom. The van der Waals surface area contributed by atoms with Crippen LogP contribution in [0, 0.1) is 0 Å². The number of benzene rings is 1. The number of amides is 1. The van der Waals surface area contributed by atoms with Crippen molar-refractivity contribution in [2.24, 2.45) is 0 Å². The van der Waals surface area contributed by atoms with E-state index >= 15 is 0 Å². The van der Waals surface area contributed by atoms with E-state index in [4.69, 9.17) is 4.74 Å². The normalized spacial score (nSPS) is 15.1. The number of nitrogens with zero attached hydrogens (tertiary/aromatic N) is 5. The molecule has 0 N–H and O–H groups in total. The number of rotatable bonds is 5. The number of aromatic nitrogens is 4. The van der Waals surface area contributed by atoms with Gasteiger partial charge in [-0.2, -0.15) is 0 Å². The van der Waals surface area contributed by atoms with Crippen molar-refractivity contribution < 1.29 is 9.53 Å². The summed E-state index contributed by atoms with van der Waals surface area (Å²) in [6, 6.07) is 7.30. The summed E-state index contributed by atoms with van der Waals surface area (Å²) in [6.45, 7) is 4.70. The maximum atomic E-state index is 12.5. The quantitative estimate of drug-likeness (QED) is 0.841. The highest BCUT2D eigenvalue weighted by Gasteiger charge is 2.17. The van der Waals surface area contributed by atoms with E-state index in [9.17, 15) is 4.79 Å². The average Bonchev–Trinajstić information content (AvgIpc) is 2.91. The minimum atomic E-state index is 0.110. The lowest BCUT2D eigenvalue weighted by molar-refractivity contribution is 0.0761. The van der Waals surface area contributed by atoms with Crippen molar-refractivity contribution in [3.05, 3.63) is 35.7 Å². The Balaban J connectivity index is 1.59. The van der Waals surface area contributed by atoms with Crippen LogP contribution in [0.25, 0.3) is 0 Å². The van der Waals surface area contributed by atoms with Gasteiger partial charge >= 0.3 is 0 Å². The molecule has 0 spiro atoms. The first kappa shape index (κ1) is 16.4. The number of tetrazole rings is 1. The molecule has 1 aliphatic rings. The molecule has 1 fully saturated rings. The zero-order valence-corrected chi connectivity index (χ0v) is 14.0. The summed E-state index contributed by atoms with van der Waals surface area (Å²) >= 11 is 0. The molecule has 7 nitrogen and oxygen atoms in total. The highest BCUT2D eigenvalue weighted by molar-refractivity contribution is 5.94. The highest BCUT2D eigenvalue weighted by atomic mass is 16.5. The third-order valence-electron chi connectivity index (χ3n) is 4.27. The molecule has 0 atom stereocenters. The fourth-order valence-electron chi connectivity index (χ4n) is 2.87. The Bertz CT molecular complexity index is 660. The Morgan fingerprint density at radius 3 is 2.50 bits per heavy atom. The van der Waals surface area contributed by atoms with Gasteiger partial charge in [0, 0.05) is 25.2 Å². The predicted octanol–water partition coefficient (Wildman–Crippen LogP) is 2.29. The van der Waals surface area contributed by atoms with Gasteiger partial charge in [-0.15, -0.1) is 5.10 Å². The monoisotopic (exact) mass is 329 g/mol. The molecule has 0 radical (unpaired) electrons. The van der Waals surface area contributed by atoms with Crippen LogP contribution in [0.5, 0.6) is 5.75 Å². The van der Waals surface area contributed by atoms with Gasteiger partial charge in [0.1, 0.15) is 12.4 Å². The van der Waals surface area contributed by atoms with Crippen molar-refractivity contribution in [3.8, 4) is 5.75 Å². The second-order valence-corrected chi connectivity index (χ2v) is 5.93. The molecule has 24 heavy (non-hydrogen) atoms. The van der Waals surface area contributed by atoms with E-state index < -0.39 is 0 Å². The number of hydrogen-bond acceptors (Lipinski definition) is 5. The van der Waals surface area contributed by atoms with E-state index in [1.165, 1.54) is 12.8 Å². The topological polar surface area (TPSA) is 73.1 Å². The first-order chi connectivity index (χ1) is 11.8. The number of ether oxygens (including phenoxy) is 1. The van der Waals surface area contributed by atoms with Gasteiger partial charge in [0.15, 0.2) is 5.82 Å². The minimum Gasteiger partial charge on any atom is -0.486 e. The first-order valence-corrected chi connectivity index (χ1v) is 8.55. The molecular formula is C17H23N5O2. The maximum absolute atomic E-state index is 12.5. The van der Waals surface area contributed by atoms with Crippen molar-refractivity contribution in [2.45, 2.75) is 45.8 Å². The van der Waals surface area contributed by atoms with Crippen molar-refractivity contribution in [3.63, 3.8) is 0 Å². The van der Waals surface area contributed by atoms with Gasteiger partial charge in [-0.05, 0) is 54.5 Å². The van der Waals surface area contributed by atoms with E-state index in [0.29, 0.717) is 30.3 Å². The van der Waals surface area contributed by atoms with Crippen LogP contribution in [0.4, 0.5) is 0 Å². The van der Waals surface area contributed by atoms with E-state index in [1.807, 2.05) is 36.1 Å². The molecule has 1 saturated heterocycles. The van der Waals surface area contributed by atoms with Crippen molar-refractivity contribution in [1.29, 1.82) is 0 Å². The molecule has 128 valence electrons. The summed E-state index contributed by atoms with van der Waals surface area (Å²) in [5.41, 5.74) is 0.711. The standard InChI is InChI=1S/C17H23N5O2/c1-2-22-16(18-19-20-22)13-24-15-9-7-14(8-10-15)17(23)21-11-5-3-4-6-12-21/h7-10H,2-6,11-13H2,1H3. The number of hydrogen-bond donors (Lipinski definition) is 0. The van der Waals surface area contributed by atoms with Gasteiger partial charge in [-0.3, -0.25) is 4.79 Å². The third kappa shape index (κ3) is 3.90. The van der Waals surface area contributed by atoms with E-state index in [2.05, 4.69) is 15.5 Å². The lowest BCUT2D eigenvalue weighted by Crippen LogP contribution is -2.31. The van der Waals surface area contributed by atoms with Gasteiger partial charge in [0.25, 0.3) is 5.91 Å². The summed E-state index contributed by atoms with van der Waals surface area (Å²) in [4.78, 5) is 14.5. The summed E-state index contributed by atoms with van der Waals surface area (Å²) in [5, 5.41) is 11.4. The van der Waals surface area contributed by atoms with Crippen LogP contribution in [-0.2, 0) is 13.2 Å². The lowest BCUT2D eigenvalue weighted by Gasteiger charge is -2.20. The van der Waals surface area contributed by atoms with E-state index in [-0.39, 0.29) is 5.91 Å². The molecule has 1 aliphatic heterocycles. The first-order valence-electron chi connectivity index (χ1n) is 8.55. The minimum absolute atomic E-state index is 0.110. The third-order valence-corrected chi connectivity index (χ3v) is 4.27. The Labute approximate surface area is 141 Å². The molecule has 0 aliphatic carbocycles. The molecular weight excluding hydrogens is 306 g/mol. The van der Waals surface area contributed by atoms with Crippen LogP contribution in [0.1, 0.15) is 48.8 Å². The van der Waals surface area contributed by atoms with Crippen molar-refractivity contribution >= 4 is 5.91 Å². The second-order valence-electron chi connectivity index (χ2n) is 5.93. The zero-order valence-electron chi connectivity index (χ0n) is 14.0. The number of carbonyl (C=O) groups excluding carboxylic acids is 1. The Morgan fingerprint density at radius 1 is 1.12 bits per heavy atom. The number of carbonyl (C=O) groups is 1. The molecule has 0 saturated carbocycles. The molecule has 1 amide bonds. The van der Waals surface area contributed by atoms with Gasteiger partial charge in [-0.25, -0.2) is 4.68 Å². The van der Waals surface area contributed by atoms with Crippen LogP contribution in [0.2, 0.25) is 0 Å². The fraction of sp³-hybridized carbons (Fsp3) is 0.529. The Hall–Kier alpha value is -2.44. The zero-order chi connectivity index (χ0) is 16.8. The summed E-state index contributed by atoms with van der Waals surface area (Å²) in [6.07, 6.45) is 4.62. The maximum Gasteiger partial charge on any atom is 0.253 e. The molecule has 1 aromatic heterocycles. The molecule has 2 heterocycles. The van der Waals surface area contributed by atoms with Gasteiger partial charge in [0.2, 0.25) is 0 Å². The average molecular weight is 329 g/mol. The predicted molar refractivity (Wildman–Crippen MR) is 88.6 cm³/mol. The molecule has 2 aromatic rings. The molecule has 3 rings (SSSR count). The van der Waals surface area contributed by atoms with E-state index in [1.54, 1.807) is 4.68 Å². The Kier molecular flexibility index (Phi) is 5.40. The summed E-state index contributed by atoms with van der Waals surface area (Å²) < 4.78 is 7.40. The molecule has 1 aromatic carbocycles. The lowest BCUT2D eigenvalue weighted by atomic mass is 10.2. The van der Waals surface area contributed by atoms with Crippen LogP contribution < -0.4 is 4.74 Å². The number of likely N-dealkylation sites (tertiary alicyclic amines) is 1. The number of aryl methyl sites for hydroxylation is 1. The van der Waals surface area contributed by atoms with Crippen molar-refractivity contribution in [2.75, 3.05) is 13.1 Å². The summed E-state index contributed by atoms with van der Waals surface area (Å²) in [7, 11) is 0. The second kappa shape index (κ2) is 7.90. The molecule has 7 heteroatoms. The van der Waals surface area contributed by atoms with Crippen LogP contribution >= 0.6 is 0 Å². The molecule has 0 unspecified atom stereocenters. The summed E-state index contributed by atoms with van der Waals surface area (Å²) in [5.74, 6) is 1.49. The van der Waals surface area contributed by atoms with Gasteiger partial charge < -0.3 is 9.64 Å².